The molecule has 1 aromatic rings. The van der Waals surface area contributed by atoms with Crippen molar-refractivity contribution in [2.75, 3.05) is 0 Å². The lowest BCUT2D eigenvalue weighted by Crippen LogP contribution is -2.36. The molecule has 2 rings (SSSR count). The Morgan fingerprint density at radius 3 is 2.56 bits per heavy atom. The highest BCUT2D eigenvalue weighted by molar-refractivity contribution is 9.13. The number of amides is 1. The number of nitrogens with one attached hydrogen (secondary N) is 2. The number of halogens is 2. The van der Waals surface area contributed by atoms with Crippen LogP contribution in [0.3, 0.4) is 0 Å². The minimum Gasteiger partial charge on any atom is -0.348 e. The van der Waals surface area contributed by atoms with Gasteiger partial charge in [0.15, 0.2) is 5.69 Å². The quantitative estimate of drug-likeness (QED) is 0.861. The third kappa shape index (κ3) is 2.66. The fourth-order valence-corrected chi connectivity index (χ4v) is 2.59. The van der Waals surface area contributed by atoms with E-state index >= 15 is 0 Å². The second kappa shape index (κ2) is 5.31. The molecule has 16 heavy (non-hydrogen) atoms. The van der Waals surface area contributed by atoms with Crippen molar-refractivity contribution in [2.24, 2.45) is 0 Å². The molecule has 2 N–H and O–H groups in total. The molecule has 0 radical (unpaired) electrons. The van der Waals surface area contributed by atoms with Gasteiger partial charge >= 0.3 is 0 Å². The first-order chi connectivity index (χ1) is 7.68. The molecule has 1 amide bonds. The van der Waals surface area contributed by atoms with E-state index < -0.39 is 0 Å². The summed E-state index contributed by atoms with van der Waals surface area (Å²) in [6.45, 7) is 0. The number of rotatable bonds is 2. The standard InChI is InChI=1S/C10H13Br2N3O/c11-7-8(14-15-9(7)12)10(16)13-6-4-2-1-3-5-6/h6H,1-5H2,(H,13,16)(H,14,15). The van der Waals surface area contributed by atoms with E-state index in [1.54, 1.807) is 0 Å². The smallest absolute Gasteiger partial charge is 0.273 e. The number of hydrogen-bond donors (Lipinski definition) is 2. The van der Waals surface area contributed by atoms with Crippen LogP contribution < -0.4 is 5.32 Å². The van der Waals surface area contributed by atoms with Crippen molar-refractivity contribution in [2.45, 2.75) is 38.1 Å². The molecule has 1 fully saturated rings. The Kier molecular flexibility index (Phi) is 4.02. The Morgan fingerprint density at radius 2 is 2.00 bits per heavy atom. The number of aromatic amines is 1. The molecule has 1 aromatic heterocycles. The van der Waals surface area contributed by atoms with Crippen molar-refractivity contribution < 1.29 is 4.79 Å². The molecule has 0 spiro atoms. The molecule has 1 saturated carbocycles. The Hall–Kier alpha value is -0.360. The van der Waals surface area contributed by atoms with E-state index in [1.165, 1.54) is 19.3 Å². The maximum Gasteiger partial charge on any atom is 0.273 e. The zero-order chi connectivity index (χ0) is 11.5. The van der Waals surface area contributed by atoms with E-state index in [9.17, 15) is 4.79 Å². The van der Waals surface area contributed by atoms with Crippen LogP contribution in [0.15, 0.2) is 9.08 Å². The average molecular weight is 351 g/mol. The largest absolute Gasteiger partial charge is 0.348 e. The summed E-state index contributed by atoms with van der Waals surface area (Å²) in [5.41, 5.74) is 0.414. The second-order valence-electron chi connectivity index (χ2n) is 4.01. The van der Waals surface area contributed by atoms with Gasteiger partial charge in [0, 0.05) is 6.04 Å². The summed E-state index contributed by atoms with van der Waals surface area (Å²) in [4.78, 5) is 11.9. The molecule has 4 nitrogen and oxygen atoms in total. The van der Waals surface area contributed by atoms with Gasteiger partial charge in [0.05, 0.1) is 4.47 Å². The zero-order valence-electron chi connectivity index (χ0n) is 8.72. The average Bonchev–Trinajstić information content (AvgIpc) is 2.61. The predicted octanol–water partition coefficient (Wildman–Crippen LogP) is 3.00. The maximum atomic E-state index is 11.9. The lowest BCUT2D eigenvalue weighted by molar-refractivity contribution is 0.0922. The molecular formula is C10H13Br2N3O. The molecule has 1 aliphatic rings. The topological polar surface area (TPSA) is 57.8 Å². The number of aromatic nitrogens is 2. The van der Waals surface area contributed by atoms with Crippen LogP contribution in [0.25, 0.3) is 0 Å². The Balaban J connectivity index is 1.99. The molecule has 1 aliphatic carbocycles. The van der Waals surface area contributed by atoms with Gasteiger partial charge in [0.1, 0.15) is 4.60 Å². The number of hydrogen-bond acceptors (Lipinski definition) is 2. The van der Waals surface area contributed by atoms with E-state index in [2.05, 4.69) is 47.4 Å². The van der Waals surface area contributed by atoms with Crippen LogP contribution in [-0.2, 0) is 0 Å². The van der Waals surface area contributed by atoms with E-state index in [4.69, 9.17) is 0 Å². The summed E-state index contributed by atoms with van der Waals surface area (Å²) < 4.78 is 1.38. The summed E-state index contributed by atoms with van der Waals surface area (Å²) in [5.74, 6) is -0.110. The molecule has 1 heterocycles. The van der Waals surface area contributed by atoms with Gasteiger partial charge in [-0.1, -0.05) is 19.3 Å². The van der Waals surface area contributed by atoms with E-state index in [0.717, 1.165) is 12.8 Å². The molecule has 0 aromatic carbocycles. The van der Waals surface area contributed by atoms with Crippen molar-refractivity contribution in [3.63, 3.8) is 0 Å². The SMILES string of the molecule is O=C(NC1CCCCC1)c1n[nH]c(Br)c1Br. The summed E-state index contributed by atoms with van der Waals surface area (Å²) in [7, 11) is 0. The van der Waals surface area contributed by atoms with Crippen molar-refractivity contribution in [3.8, 4) is 0 Å². The number of carbonyl (C=O) groups excluding carboxylic acids is 1. The minimum absolute atomic E-state index is 0.110. The number of nitrogens with zero attached hydrogens (tertiary/aromatic N) is 1. The maximum absolute atomic E-state index is 11.9. The van der Waals surface area contributed by atoms with Gasteiger partial charge in [-0.15, -0.1) is 0 Å². The summed E-state index contributed by atoms with van der Waals surface area (Å²) in [5, 5.41) is 9.68. The van der Waals surface area contributed by atoms with Gasteiger partial charge in [0.25, 0.3) is 5.91 Å². The molecule has 0 bridgehead atoms. The fourth-order valence-electron chi connectivity index (χ4n) is 1.96. The Labute approximate surface area is 111 Å². The molecule has 88 valence electrons. The van der Waals surface area contributed by atoms with Gasteiger partial charge < -0.3 is 5.32 Å². The van der Waals surface area contributed by atoms with Crippen LogP contribution in [0.5, 0.6) is 0 Å². The Morgan fingerprint density at radius 1 is 1.31 bits per heavy atom. The van der Waals surface area contributed by atoms with E-state index in [1.807, 2.05) is 0 Å². The normalized spacial score (nSPS) is 17.4. The first-order valence-corrected chi connectivity index (χ1v) is 6.97. The fraction of sp³-hybridized carbons (Fsp3) is 0.600. The van der Waals surface area contributed by atoms with Crippen molar-refractivity contribution >= 4 is 37.8 Å². The minimum atomic E-state index is -0.110. The summed E-state index contributed by atoms with van der Waals surface area (Å²) >= 11 is 6.58. The predicted molar refractivity (Wildman–Crippen MR) is 68.3 cm³/mol. The van der Waals surface area contributed by atoms with Crippen LogP contribution in [0.2, 0.25) is 0 Å². The van der Waals surface area contributed by atoms with Crippen molar-refractivity contribution in [1.29, 1.82) is 0 Å². The highest BCUT2D eigenvalue weighted by atomic mass is 79.9. The molecule has 0 aliphatic heterocycles. The van der Waals surface area contributed by atoms with E-state index in [-0.39, 0.29) is 5.91 Å². The lowest BCUT2D eigenvalue weighted by atomic mass is 9.95. The lowest BCUT2D eigenvalue weighted by Gasteiger charge is -2.22. The highest BCUT2D eigenvalue weighted by Gasteiger charge is 2.21. The first-order valence-electron chi connectivity index (χ1n) is 5.38. The van der Waals surface area contributed by atoms with Gasteiger partial charge in [-0.05, 0) is 44.7 Å². The molecular weight excluding hydrogens is 338 g/mol. The second-order valence-corrected chi connectivity index (χ2v) is 5.59. The van der Waals surface area contributed by atoms with Gasteiger partial charge in [-0.3, -0.25) is 9.89 Å². The van der Waals surface area contributed by atoms with Crippen LogP contribution >= 0.6 is 31.9 Å². The highest BCUT2D eigenvalue weighted by Crippen LogP contribution is 2.24. The van der Waals surface area contributed by atoms with Gasteiger partial charge in [-0.2, -0.15) is 5.10 Å². The third-order valence-corrected chi connectivity index (χ3v) is 4.70. The monoisotopic (exact) mass is 349 g/mol. The first kappa shape index (κ1) is 12.1. The van der Waals surface area contributed by atoms with Crippen molar-refractivity contribution in [1.82, 2.24) is 15.5 Å². The molecule has 6 heteroatoms. The van der Waals surface area contributed by atoms with E-state index in [0.29, 0.717) is 20.8 Å². The molecule has 0 atom stereocenters. The number of carbonyl (C=O) groups is 1. The van der Waals surface area contributed by atoms with Crippen molar-refractivity contribution in [3.05, 3.63) is 14.8 Å². The van der Waals surface area contributed by atoms with Gasteiger partial charge in [-0.25, -0.2) is 0 Å². The van der Waals surface area contributed by atoms with Crippen LogP contribution in [-0.4, -0.2) is 22.1 Å². The summed E-state index contributed by atoms with van der Waals surface area (Å²) in [6.07, 6.45) is 5.85. The Bertz CT molecular complexity index is 385. The third-order valence-electron chi connectivity index (χ3n) is 2.82. The van der Waals surface area contributed by atoms with Crippen LogP contribution in [0.4, 0.5) is 0 Å². The van der Waals surface area contributed by atoms with Crippen LogP contribution in [0, 0.1) is 0 Å². The van der Waals surface area contributed by atoms with Crippen LogP contribution in [0.1, 0.15) is 42.6 Å². The summed E-state index contributed by atoms with van der Waals surface area (Å²) in [6, 6.07) is 0.309. The van der Waals surface area contributed by atoms with Gasteiger partial charge in [0.2, 0.25) is 0 Å². The molecule has 0 saturated heterocycles. The zero-order valence-corrected chi connectivity index (χ0v) is 11.9. The molecule has 0 unspecified atom stereocenters. The number of H-pyrrole nitrogens is 1.